The number of nitrogens with zero attached hydrogens (tertiary/aromatic N) is 1. The zero-order valence-corrected chi connectivity index (χ0v) is 10.5. The fourth-order valence-electron chi connectivity index (χ4n) is 1.70. The zero-order valence-electron chi connectivity index (χ0n) is 10.5. The number of amides is 1. The van der Waals surface area contributed by atoms with Crippen molar-refractivity contribution in [3.8, 4) is 0 Å². The summed E-state index contributed by atoms with van der Waals surface area (Å²) in [7, 11) is 1.58. The van der Waals surface area contributed by atoms with E-state index in [1.165, 1.54) is 17.0 Å². The van der Waals surface area contributed by atoms with Gasteiger partial charge in [-0.3, -0.25) is 4.79 Å². The van der Waals surface area contributed by atoms with Crippen molar-refractivity contribution in [2.75, 3.05) is 20.2 Å². The molecular weight excluding hydrogens is 240 g/mol. The molecule has 1 N–H and O–H groups in total. The van der Waals surface area contributed by atoms with Gasteiger partial charge in [0.2, 0.25) is 5.91 Å². The summed E-state index contributed by atoms with van der Waals surface area (Å²) in [5.41, 5.74) is 0.321. The van der Waals surface area contributed by atoms with E-state index >= 15 is 0 Å². The third-order valence-electron chi connectivity index (χ3n) is 2.84. The van der Waals surface area contributed by atoms with Crippen LogP contribution in [-0.4, -0.2) is 36.1 Å². The molecule has 1 rings (SSSR count). The van der Waals surface area contributed by atoms with Gasteiger partial charge in [-0.2, -0.15) is 0 Å². The molecule has 0 aromatic heterocycles. The van der Waals surface area contributed by atoms with Gasteiger partial charge in [0, 0.05) is 26.1 Å². The molecule has 0 saturated heterocycles. The highest BCUT2D eigenvalue weighted by molar-refractivity contribution is 5.76. The molecule has 5 heteroatoms. The van der Waals surface area contributed by atoms with Gasteiger partial charge in [-0.1, -0.05) is 13.0 Å². The van der Waals surface area contributed by atoms with Crippen LogP contribution < -0.4 is 0 Å². The summed E-state index contributed by atoms with van der Waals surface area (Å²) in [5, 5.41) is 8.72. The maximum absolute atomic E-state index is 13.5. The Balaban J connectivity index is 2.70. The lowest BCUT2D eigenvalue weighted by atomic mass is 9.96. The highest BCUT2D eigenvalue weighted by Crippen LogP contribution is 2.23. The van der Waals surface area contributed by atoms with Crippen molar-refractivity contribution in [1.29, 1.82) is 0 Å². The fourth-order valence-corrected chi connectivity index (χ4v) is 1.70. The maximum atomic E-state index is 13.5. The fraction of sp³-hybridized carbons (Fsp3) is 0.462. The molecule has 0 bridgehead atoms. The van der Waals surface area contributed by atoms with Gasteiger partial charge in [-0.25, -0.2) is 8.78 Å². The first kappa shape index (κ1) is 14.6. The number of halogens is 2. The van der Waals surface area contributed by atoms with Crippen LogP contribution in [-0.2, 0) is 4.79 Å². The van der Waals surface area contributed by atoms with Gasteiger partial charge >= 0.3 is 0 Å². The Hall–Kier alpha value is -1.49. The zero-order chi connectivity index (χ0) is 13.7. The molecule has 3 nitrogen and oxygen atoms in total. The number of benzene rings is 1. The van der Waals surface area contributed by atoms with Gasteiger partial charge in [-0.15, -0.1) is 0 Å². The Bertz CT molecular complexity index is 423. The number of rotatable bonds is 5. The topological polar surface area (TPSA) is 40.5 Å². The number of hydrogen-bond donors (Lipinski definition) is 1. The third-order valence-corrected chi connectivity index (χ3v) is 2.84. The molecule has 18 heavy (non-hydrogen) atoms. The lowest BCUT2D eigenvalue weighted by molar-refractivity contribution is -0.130. The minimum absolute atomic E-state index is 0.110. The molecule has 1 atom stereocenters. The van der Waals surface area contributed by atoms with E-state index in [9.17, 15) is 13.6 Å². The van der Waals surface area contributed by atoms with E-state index in [2.05, 4.69) is 0 Å². The van der Waals surface area contributed by atoms with Crippen LogP contribution in [0.1, 0.15) is 24.8 Å². The van der Waals surface area contributed by atoms with Crippen LogP contribution in [0.5, 0.6) is 0 Å². The van der Waals surface area contributed by atoms with Gasteiger partial charge in [0.1, 0.15) is 11.6 Å². The SMILES string of the molecule is C[C@@H](CC(=O)N(C)CCO)c1ccc(F)cc1F. The normalized spacial score (nSPS) is 12.3. The first-order valence-corrected chi connectivity index (χ1v) is 5.75. The lowest BCUT2D eigenvalue weighted by Gasteiger charge is -2.19. The van der Waals surface area contributed by atoms with E-state index in [0.717, 1.165) is 6.07 Å². The van der Waals surface area contributed by atoms with E-state index < -0.39 is 11.6 Å². The standard InChI is InChI=1S/C13H17F2NO2/c1-9(7-13(18)16(2)5-6-17)11-4-3-10(14)8-12(11)15/h3-4,8-9,17H,5-7H2,1-2H3/t9-/m0/s1. The summed E-state index contributed by atoms with van der Waals surface area (Å²) in [4.78, 5) is 13.1. The molecule has 0 fully saturated rings. The number of aliphatic hydroxyl groups is 1. The highest BCUT2D eigenvalue weighted by Gasteiger charge is 2.17. The van der Waals surface area contributed by atoms with E-state index in [-0.39, 0.29) is 31.4 Å². The second kappa shape index (κ2) is 6.44. The van der Waals surface area contributed by atoms with Crippen molar-refractivity contribution >= 4 is 5.91 Å². The Morgan fingerprint density at radius 1 is 1.44 bits per heavy atom. The van der Waals surface area contributed by atoms with Crippen molar-refractivity contribution in [2.24, 2.45) is 0 Å². The number of hydrogen-bond acceptors (Lipinski definition) is 2. The second-order valence-corrected chi connectivity index (χ2v) is 4.31. The van der Waals surface area contributed by atoms with E-state index in [1.54, 1.807) is 14.0 Å². The number of carbonyl (C=O) groups is 1. The summed E-state index contributed by atoms with van der Waals surface area (Å²) in [6.07, 6.45) is 0.124. The highest BCUT2D eigenvalue weighted by atomic mass is 19.1. The molecular formula is C13H17F2NO2. The summed E-state index contributed by atoms with van der Waals surface area (Å²) >= 11 is 0. The minimum atomic E-state index is -0.639. The largest absolute Gasteiger partial charge is 0.395 e. The summed E-state index contributed by atoms with van der Waals surface area (Å²) in [6, 6.07) is 3.35. The van der Waals surface area contributed by atoms with Crippen LogP contribution >= 0.6 is 0 Å². The van der Waals surface area contributed by atoms with E-state index in [0.29, 0.717) is 5.56 Å². The smallest absolute Gasteiger partial charge is 0.222 e. The molecule has 1 aromatic rings. The molecule has 1 aromatic carbocycles. The van der Waals surface area contributed by atoms with Gasteiger partial charge in [-0.05, 0) is 17.5 Å². The quantitative estimate of drug-likeness (QED) is 0.875. The molecule has 0 aliphatic carbocycles. The minimum Gasteiger partial charge on any atom is -0.395 e. The van der Waals surface area contributed by atoms with Crippen LogP contribution in [0.25, 0.3) is 0 Å². The van der Waals surface area contributed by atoms with Crippen molar-refractivity contribution in [2.45, 2.75) is 19.3 Å². The molecule has 100 valence electrons. The summed E-state index contributed by atoms with van der Waals surface area (Å²) < 4.78 is 26.3. The van der Waals surface area contributed by atoms with Crippen LogP contribution in [0.4, 0.5) is 8.78 Å². The number of likely N-dealkylation sites (N-methyl/N-ethyl adjacent to an activating group) is 1. The van der Waals surface area contributed by atoms with Gasteiger partial charge in [0.15, 0.2) is 0 Å². The van der Waals surface area contributed by atoms with Gasteiger partial charge in [0.05, 0.1) is 6.61 Å². The van der Waals surface area contributed by atoms with Crippen LogP contribution in [0.2, 0.25) is 0 Å². The molecule has 0 aliphatic rings. The van der Waals surface area contributed by atoms with Crippen molar-refractivity contribution in [3.63, 3.8) is 0 Å². The predicted octanol–water partition coefficient (Wildman–Crippen LogP) is 1.91. The van der Waals surface area contributed by atoms with Crippen molar-refractivity contribution in [3.05, 3.63) is 35.4 Å². The second-order valence-electron chi connectivity index (χ2n) is 4.31. The number of carbonyl (C=O) groups excluding carboxylic acids is 1. The van der Waals surface area contributed by atoms with Crippen molar-refractivity contribution < 1.29 is 18.7 Å². The first-order valence-electron chi connectivity index (χ1n) is 5.75. The van der Waals surface area contributed by atoms with Crippen LogP contribution in [0, 0.1) is 11.6 Å². The average molecular weight is 257 g/mol. The third kappa shape index (κ3) is 3.77. The lowest BCUT2D eigenvalue weighted by Crippen LogP contribution is -2.30. The number of aliphatic hydroxyl groups excluding tert-OH is 1. The molecule has 1 amide bonds. The molecule has 0 heterocycles. The summed E-state index contributed by atoms with van der Waals surface area (Å²) in [5.74, 6) is -1.79. The molecule has 0 saturated carbocycles. The first-order chi connectivity index (χ1) is 8.45. The molecule has 0 radical (unpaired) electrons. The Labute approximate surface area is 105 Å². The van der Waals surface area contributed by atoms with Crippen LogP contribution in [0.15, 0.2) is 18.2 Å². The summed E-state index contributed by atoms with van der Waals surface area (Å²) in [6.45, 7) is 1.85. The monoisotopic (exact) mass is 257 g/mol. The van der Waals surface area contributed by atoms with E-state index in [4.69, 9.17) is 5.11 Å². The Kier molecular flexibility index (Phi) is 5.22. The molecule has 0 unspecified atom stereocenters. The molecule has 0 spiro atoms. The predicted molar refractivity (Wildman–Crippen MR) is 64.1 cm³/mol. The maximum Gasteiger partial charge on any atom is 0.222 e. The van der Waals surface area contributed by atoms with Crippen LogP contribution in [0.3, 0.4) is 0 Å². The Morgan fingerprint density at radius 2 is 2.11 bits per heavy atom. The van der Waals surface area contributed by atoms with Gasteiger partial charge < -0.3 is 10.0 Å². The molecule has 0 aliphatic heterocycles. The van der Waals surface area contributed by atoms with E-state index in [1.807, 2.05) is 0 Å². The van der Waals surface area contributed by atoms with Gasteiger partial charge in [0.25, 0.3) is 0 Å². The van der Waals surface area contributed by atoms with Crippen molar-refractivity contribution in [1.82, 2.24) is 4.90 Å². The average Bonchev–Trinajstić information content (AvgIpc) is 2.28. The Morgan fingerprint density at radius 3 is 2.67 bits per heavy atom.